The molecule has 2 fully saturated rings. The van der Waals surface area contributed by atoms with Crippen LogP contribution in [0.2, 0.25) is 0 Å². The van der Waals surface area contributed by atoms with Gasteiger partial charge in [0, 0.05) is 43.2 Å². The Bertz CT molecular complexity index is 901. The maximum Gasteiger partial charge on any atom is 0.255 e. The van der Waals surface area contributed by atoms with E-state index in [0.29, 0.717) is 29.3 Å². The third-order valence-electron chi connectivity index (χ3n) is 6.17. The summed E-state index contributed by atoms with van der Waals surface area (Å²) in [6.07, 6.45) is 4.33. The summed E-state index contributed by atoms with van der Waals surface area (Å²) >= 11 is 0. The average molecular weight is 422 g/mol. The van der Waals surface area contributed by atoms with Gasteiger partial charge in [0.25, 0.3) is 11.8 Å². The number of nitrogens with one attached hydrogen (secondary N) is 2. The number of rotatable bonds is 6. The summed E-state index contributed by atoms with van der Waals surface area (Å²) in [4.78, 5) is 28.0. The van der Waals surface area contributed by atoms with Crippen LogP contribution in [0.3, 0.4) is 0 Å². The van der Waals surface area contributed by atoms with Gasteiger partial charge in [-0.05, 0) is 61.9 Å². The van der Waals surface area contributed by atoms with Crippen molar-refractivity contribution < 1.29 is 14.3 Å². The Morgan fingerprint density at radius 3 is 2.52 bits per heavy atom. The Kier molecular flexibility index (Phi) is 6.87. The number of hydrogen-bond acceptors (Lipinski definition) is 4. The molecule has 2 aromatic rings. The summed E-state index contributed by atoms with van der Waals surface area (Å²) in [5.41, 5.74) is 2.72. The Labute approximate surface area is 184 Å². The summed E-state index contributed by atoms with van der Waals surface area (Å²) in [7, 11) is 0. The lowest BCUT2D eigenvalue weighted by atomic mass is 9.97. The number of piperidine rings is 1. The third kappa shape index (κ3) is 5.44. The van der Waals surface area contributed by atoms with Gasteiger partial charge in [0.15, 0.2) is 0 Å². The van der Waals surface area contributed by atoms with Crippen LogP contribution in [0.25, 0.3) is 0 Å². The minimum atomic E-state index is -0.189. The number of anilines is 2. The van der Waals surface area contributed by atoms with Gasteiger partial charge in [-0.15, -0.1) is 0 Å². The molecular formula is C25H31N3O3. The normalized spacial score (nSPS) is 19.3. The molecule has 6 nitrogen and oxygen atoms in total. The zero-order chi connectivity index (χ0) is 21.6. The Morgan fingerprint density at radius 1 is 1.03 bits per heavy atom. The topological polar surface area (TPSA) is 70.7 Å². The molecule has 0 radical (unpaired) electrons. The SMILES string of the molecule is CC1CCN(c2ccc(NC(=O)c3ccccc3)cc2C(=O)NC[C@H]2CCCO2)CC1. The lowest BCUT2D eigenvalue weighted by Crippen LogP contribution is -2.36. The molecule has 2 heterocycles. The van der Waals surface area contributed by atoms with E-state index in [-0.39, 0.29) is 17.9 Å². The molecule has 0 spiro atoms. The highest BCUT2D eigenvalue weighted by Crippen LogP contribution is 2.29. The van der Waals surface area contributed by atoms with E-state index in [2.05, 4.69) is 22.5 Å². The van der Waals surface area contributed by atoms with Crippen LogP contribution in [0.1, 0.15) is 53.3 Å². The van der Waals surface area contributed by atoms with Gasteiger partial charge in [-0.25, -0.2) is 0 Å². The van der Waals surface area contributed by atoms with Crippen LogP contribution in [0, 0.1) is 5.92 Å². The van der Waals surface area contributed by atoms with Crippen molar-refractivity contribution in [1.29, 1.82) is 0 Å². The smallest absolute Gasteiger partial charge is 0.255 e. The monoisotopic (exact) mass is 421 g/mol. The standard InChI is InChI=1S/C25H31N3O3/c1-18-11-13-28(14-12-18)23-10-9-20(27-24(29)19-6-3-2-4-7-19)16-22(23)25(30)26-17-21-8-5-15-31-21/h2-4,6-7,9-10,16,18,21H,5,8,11-15,17H2,1H3,(H,26,30)(H,27,29)/t21-/m1/s1. The molecular weight excluding hydrogens is 390 g/mol. The predicted octanol–water partition coefficient (Wildman–Crippen LogP) is 4.08. The quantitative estimate of drug-likeness (QED) is 0.737. The fraction of sp³-hybridized carbons (Fsp3) is 0.440. The zero-order valence-corrected chi connectivity index (χ0v) is 18.1. The highest BCUT2D eigenvalue weighted by molar-refractivity contribution is 6.06. The van der Waals surface area contributed by atoms with E-state index in [1.54, 1.807) is 18.2 Å². The van der Waals surface area contributed by atoms with Crippen LogP contribution in [-0.2, 0) is 4.74 Å². The number of nitrogens with zero attached hydrogens (tertiary/aromatic N) is 1. The van der Waals surface area contributed by atoms with Crippen LogP contribution < -0.4 is 15.5 Å². The molecule has 2 saturated heterocycles. The molecule has 0 saturated carbocycles. The Morgan fingerprint density at radius 2 is 1.81 bits per heavy atom. The van der Waals surface area contributed by atoms with Crippen molar-refractivity contribution in [3.8, 4) is 0 Å². The van der Waals surface area contributed by atoms with E-state index in [9.17, 15) is 9.59 Å². The number of ether oxygens (including phenoxy) is 1. The second-order valence-electron chi connectivity index (χ2n) is 8.57. The van der Waals surface area contributed by atoms with Crippen LogP contribution in [0.5, 0.6) is 0 Å². The first-order valence-electron chi connectivity index (χ1n) is 11.3. The second kappa shape index (κ2) is 9.96. The predicted molar refractivity (Wildman–Crippen MR) is 123 cm³/mol. The number of amides is 2. The summed E-state index contributed by atoms with van der Waals surface area (Å²) in [6.45, 7) is 5.41. The first-order chi connectivity index (χ1) is 15.1. The van der Waals surface area contributed by atoms with Crippen LogP contribution in [0.15, 0.2) is 48.5 Å². The minimum Gasteiger partial charge on any atom is -0.376 e. The Hall–Kier alpha value is -2.86. The number of carbonyl (C=O) groups excluding carboxylic acids is 2. The number of carbonyl (C=O) groups is 2. The average Bonchev–Trinajstić information content (AvgIpc) is 3.32. The molecule has 0 aromatic heterocycles. The largest absolute Gasteiger partial charge is 0.376 e. The first kappa shape index (κ1) is 21.4. The van der Waals surface area contributed by atoms with Crippen LogP contribution in [-0.4, -0.2) is 44.2 Å². The van der Waals surface area contributed by atoms with Gasteiger partial charge in [-0.1, -0.05) is 25.1 Å². The van der Waals surface area contributed by atoms with Gasteiger partial charge >= 0.3 is 0 Å². The third-order valence-corrected chi connectivity index (χ3v) is 6.17. The summed E-state index contributed by atoms with van der Waals surface area (Å²) in [5.74, 6) is 0.392. The van der Waals surface area contributed by atoms with Crippen molar-refractivity contribution in [3.63, 3.8) is 0 Å². The molecule has 2 aromatic carbocycles. The maximum atomic E-state index is 13.1. The molecule has 6 heteroatoms. The summed E-state index contributed by atoms with van der Waals surface area (Å²) in [6, 6.07) is 14.7. The van der Waals surface area contributed by atoms with Crippen molar-refractivity contribution in [3.05, 3.63) is 59.7 Å². The molecule has 4 rings (SSSR count). The van der Waals surface area contributed by atoms with Gasteiger partial charge < -0.3 is 20.3 Å². The maximum absolute atomic E-state index is 13.1. The van der Waals surface area contributed by atoms with Crippen molar-refractivity contribution in [2.45, 2.75) is 38.7 Å². The zero-order valence-electron chi connectivity index (χ0n) is 18.1. The van der Waals surface area contributed by atoms with E-state index < -0.39 is 0 Å². The highest BCUT2D eigenvalue weighted by atomic mass is 16.5. The van der Waals surface area contributed by atoms with Crippen LogP contribution in [0.4, 0.5) is 11.4 Å². The van der Waals surface area contributed by atoms with E-state index in [1.807, 2.05) is 30.3 Å². The van der Waals surface area contributed by atoms with E-state index in [1.165, 1.54) is 0 Å². The fourth-order valence-corrected chi connectivity index (χ4v) is 4.22. The molecule has 0 bridgehead atoms. The van der Waals surface area contributed by atoms with Gasteiger partial charge in [-0.3, -0.25) is 9.59 Å². The molecule has 164 valence electrons. The van der Waals surface area contributed by atoms with E-state index >= 15 is 0 Å². The molecule has 31 heavy (non-hydrogen) atoms. The molecule has 0 unspecified atom stereocenters. The molecule has 2 aliphatic heterocycles. The van der Waals surface area contributed by atoms with Crippen molar-refractivity contribution in [1.82, 2.24) is 5.32 Å². The summed E-state index contributed by atoms with van der Waals surface area (Å²) < 4.78 is 5.64. The number of hydrogen-bond donors (Lipinski definition) is 2. The first-order valence-corrected chi connectivity index (χ1v) is 11.3. The second-order valence-corrected chi connectivity index (χ2v) is 8.57. The fourth-order valence-electron chi connectivity index (χ4n) is 4.22. The molecule has 1 atom stereocenters. The van der Waals surface area contributed by atoms with Gasteiger partial charge in [0.2, 0.25) is 0 Å². The van der Waals surface area contributed by atoms with Gasteiger partial charge in [-0.2, -0.15) is 0 Å². The van der Waals surface area contributed by atoms with Crippen LogP contribution >= 0.6 is 0 Å². The Balaban J connectivity index is 1.54. The molecule has 0 aliphatic carbocycles. The highest BCUT2D eigenvalue weighted by Gasteiger charge is 2.23. The van der Waals surface area contributed by atoms with Crippen molar-refractivity contribution in [2.24, 2.45) is 5.92 Å². The molecule has 2 aliphatic rings. The van der Waals surface area contributed by atoms with E-state index in [0.717, 1.165) is 51.1 Å². The van der Waals surface area contributed by atoms with E-state index in [4.69, 9.17) is 4.74 Å². The van der Waals surface area contributed by atoms with Crippen molar-refractivity contribution >= 4 is 23.2 Å². The summed E-state index contributed by atoms with van der Waals surface area (Å²) in [5, 5.41) is 5.96. The molecule has 2 amide bonds. The lowest BCUT2D eigenvalue weighted by Gasteiger charge is -2.33. The van der Waals surface area contributed by atoms with Gasteiger partial charge in [0.05, 0.1) is 11.7 Å². The lowest BCUT2D eigenvalue weighted by molar-refractivity contribution is 0.0858. The van der Waals surface area contributed by atoms with Crippen molar-refractivity contribution in [2.75, 3.05) is 36.5 Å². The minimum absolute atomic E-state index is 0.0872. The van der Waals surface area contributed by atoms with Gasteiger partial charge in [0.1, 0.15) is 0 Å². The number of benzene rings is 2. The molecule has 2 N–H and O–H groups in total.